The fraction of sp³-hybridized carbons (Fsp3) is 0.526. The first kappa shape index (κ1) is 18.2. The Balaban J connectivity index is 1.89. The third kappa shape index (κ3) is 3.66. The van der Waals surface area contributed by atoms with E-state index in [-0.39, 0.29) is 36.1 Å². The summed E-state index contributed by atoms with van der Waals surface area (Å²) in [5.41, 5.74) is 4.90. The first-order valence-electron chi connectivity index (χ1n) is 8.41. The average Bonchev–Trinajstić information content (AvgIpc) is 2.68. The molecule has 5 heteroatoms. The van der Waals surface area contributed by atoms with E-state index in [1.165, 1.54) is 22.3 Å². The number of aryl methyl sites for hydroxylation is 3. The quantitative estimate of drug-likeness (QED) is 0.839. The van der Waals surface area contributed by atoms with Crippen LogP contribution in [-0.2, 0) is 20.8 Å². The van der Waals surface area contributed by atoms with Crippen molar-refractivity contribution in [1.29, 1.82) is 0 Å². The second-order valence-electron chi connectivity index (χ2n) is 6.82. The van der Waals surface area contributed by atoms with Crippen LogP contribution in [0.1, 0.15) is 36.1 Å². The Kier molecular flexibility index (Phi) is 5.42. The summed E-state index contributed by atoms with van der Waals surface area (Å²) in [5, 5.41) is 2.81. The molecule has 0 bridgehead atoms. The molecule has 0 radical (unpaired) electrons. The predicted octanol–water partition coefficient (Wildman–Crippen LogP) is 1.91. The zero-order chi connectivity index (χ0) is 18.0. The van der Waals surface area contributed by atoms with Gasteiger partial charge in [0, 0.05) is 18.4 Å². The summed E-state index contributed by atoms with van der Waals surface area (Å²) in [6.07, 6.45) is 0.735. The minimum Gasteiger partial charge on any atom is -0.354 e. The molecule has 2 atom stereocenters. The second kappa shape index (κ2) is 7.16. The first-order valence-corrected chi connectivity index (χ1v) is 8.41. The summed E-state index contributed by atoms with van der Waals surface area (Å²) >= 11 is 0. The molecule has 1 saturated heterocycles. The molecule has 0 spiro atoms. The largest absolute Gasteiger partial charge is 0.354 e. The molecule has 2 rings (SSSR count). The Labute approximate surface area is 143 Å². The van der Waals surface area contributed by atoms with Crippen LogP contribution in [0, 0.1) is 32.6 Å². The first-order chi connectivity index (χ1) is 11.2. The monoisotopic (exact) mass is 330 g/mol. The smallest absolute Gasteiger partial charge is 0.240 e. The number of nitrogens with one attached hydrogen (secondary N) is 1. The lowest BCUT2D eigenvalue weighted by atomic mass is 9.97. The summed E-state index contributed by atoms with van der Waals surface area (Å²) in [4.78, 5) is 37.1. The van der Waals surface area contributed by atoms with Crippen LogP contribution < -0.4 is 5.32 Å². The number of rotatable bonds is 5. The van der Waals surface area contributed by atoms with Crippen LogP contribution in [0.5, 0.6) is 0 Å². The number of likely N-dealkylation sites (tertiary alicyclic amines) is 1. The molecule has 24 heavy (non-hydrogen) atoms. The van der Waals surface area contributed by atoms with E-state index in [2.05, 4.69) is 38.2 Å². The third-order valence-electron chi connectivity index (χ3n) is 4.90. The van der Waals surface area contributed by atoms with Gasteiger partial charge < -0.3 is 5.32 Å². The molecule has 130 valence electrons. The summed E-state index contributed by atoms with van der Waals surface area (Å²) in [6.45, 7) is 9.97. The highest BCUT2D eigenvalue weighted by molar-refractivity contribution is 6.06. The molecule has 0 aliphatic carbocycles. The van der Waals surface area contributed by atoms with Gasteiger partial charge in [-0.05, 0) is 43.9 Å². The highest BCUT2D eigenvalue weighted by Gasteiger charge is 2.42. The molecule has 1 aromatic carbocycles. The lowest BCUT2D eigenvalue weighted by Crippen LogP contribution is -2.41. The third-order valence-corrected chi connectivity index (χ3v) is 4.90. The highest BCUT2D eigenvalue weighted by atomic mass is 16.2. The van der Waals surface area contributed by atoms with Crippen LogP contribution in [-0.4, -0.2) is 35.7 Å². The van der Waals surface area contributed by atoms with E-state index in [1.807, 2.05) is 0 Å². The van der Waals surface area contributed by atoms with Gasteiger partial charge in [-0.15, -0.1) is 0 Å². The van der Waals surface area contributed by atoms with E-state index in [0.29, 0.717) is 6.54 Å². The Bertz CT molecular complexity index is 638. The molecule has 5 nitrogen and oxygen atoms in total. The van der Waals surface area contributed by atoms with Crippen LogP contribution >= 0.6 is 0 Å². The van der Waals surface area contributed by atoms with E-state index in [9.17, 15) is 14.4 Å². The molecule has 1 fully saturated rings. The van der Waals surface area contributed by atoms with E-state index >= 15 is 0 Å². The SMILES string of the molecule is Cc1cc(C)c(CCNC(=O)CN2C(=O)[C@H](C)[C@@H](C)C2=O)c(C)c1. The highest BCUT2D eigenvalue weighted by Crippen LogP contribution is 2.24. The zero-order valence-electron chi connectivity index (χ0n) is 15.1. The number of hydrogen-bond donors (Lipinski definition) is 1. The molecule has 1 aliphatic rings. The number of nitrogens with zero attached hydrogens (tertiary/aromatic N) is 1. The summed E-state index contributed by atoms with van der Waals surface area (Å²) in [5.74, 6) is -1.49. The van der Waals surface area contributed by atoms with Crippen molar-refractivity contribution in [1.82, 2.24) is 10.2 Å². The van der Waals surface area contributed by atoms with Gasteiger partial charge in [-0.2, -0.15) is 0 Å². The van der Waals surface area contributed by atoms with E-state index in [4.69, 9.17) is 0 Å². The molecule has 3 amide bonds. The van der Waals surface area contributed by atoms with Crippen molar-refractivity contribution >= 4 is 17.7 Å². The van der Waals surface area contributed by atoms with Crippen molar-refractivity contribution in [2.45, 2.75) is 41.0 Å². The number of imide groups is 1. The van der Waals surface area contributed by atoms with Gasteiger partial charge >= 0.3 is 0 Å². The standard InChI is InChI=1S/C19H26N2O3/c1-11-8-12(2)16(13(3)9-11)6-7-20-17(22)10-21-18(23)14(4)15(5)19(21)24/h8-9,14-15H,6-7,10H2,1-5H3,(H,20,22)/t14-,15-/m1/s1. The summed E-state index contributed by atoms with van der Waals surface area (Å²) in [6, 6.07) is 4.27. The maximum Gasteiger partial charge on any atom is 0.240 e. The molecule has 1 aliphatic heterocycles. The molecular formula is C19H26N2O3. The molecule has 1 aromatic rings. The Hall–Kier alpha value is -2.17. The molecule has 0 saturated carbocycles. The molecule has 1 N–H and O–H groups in total. The zero-order valence-corrected chi connectivity index (χ0v) is 15.1. The number of amides is 3. The van der Waals surface area contributed by atoms with Gasteiger partial charge in [0.25, 0.3) is 0 Å². The topological polar surface area (TPSA) is 66.5 Å². The second-order valence-corrected chi connectivity index (χ2v) is 6.82. The summed E-state index contributed by atoms with van der Waals surface area (Å²) in [7, 11) is 0. The van der Waals surface area contributed by atoms with Crippen molar-refractivity contribution in [2.75, 3.05) is 13.1 Å². The minimum atomic E-state index is -0.344. The number of carbonyl (C=O) groups excluding carboxylic acids is 3. The van der Waals surface area contributed by atoms with Gasteiger partial charge in [-0.1, -0.05) is 31.5 Å². The molecular weight excluding hydrogens is 304 g/mol. The lowest BCUT2D eigenvalue weighted by molar-refractivity contribution is -0.143. The van der Waals surface area contributed by atoms with Crippen molar-refractivity contribution in [3.63, 3.8) is 0 Å². The van der Waals surface area contributed by atoms with Gasteiger partial charge in [0.05, 0.1) is 0 Å². The van der Waals surface area contributed by atoms with Gasteiger partial charge in [0.1, 0.15) is 6.54 Å². The Morgan fingerprint density at radius 3 is 2.04 bits per heavy atom. The van der Waals surface area contributed by atoms with Gasteiger partial charge in [-0.25, -0.2) is 0 Å². The van der Waals surface area contributed by atoms with Crippen LogP contribution in [0.3, 0.4) is 0 Å². The average molecular weight is 330 g/mol. The van der Waals surface area contributed by atoms with Crippen molar-refractivity contribution < 1.29 is 14.4 Å². The molecule has 0 unspecified atom stereocenters. The van der Waals surface area contributed by atoms with Crippen LogP contribution in [0.15, 0.2) is 12.1 Å². The number of carbonyl (C=O) groups is 3. The van der Waals surface area contributed by atoms with Crippen molar-refractivity contribution in [3.8, 4) is 0 Å². The lowest BCUT2D eigenvalue weighted by Gasteiger charge is -2.15. The molecule has 0 aromatic heterocycles. The van der Waals surface area contributed by atoms with Crippen LogP contribution in [0.4, 0.5) is 0 Å². The maximum atomic E-state index is 12.1. The summed E-state index contributed by atoms with van der Waals surface area (Å²) < 4.78 is 0. The fourth-order valence-corrected chi connectivity index (χ4v) is 3.31. The number of benzene rings is 1. The van der Waals surface area contributed by atoms with Gasteiger partial charge in [-0.3, -0.25) is 19.3 Å². The van der Waals surface area contributed by atoms with Gasteiger partial charge in [0.15, 0.2) is 0 Å². The Morgan fingerprint density at radius 1 is 1.04 bits per heavy atom. The van der Waals surface area contributed by atoms with E-state index in [1.54, 1.807) is 13.8 Å². The van der Waals surface area contributed by atoms with Crippen molar-refractivity contribution in [3.05, 3.63) is 34.4 Å². The normalized spacial score (nSPS) is 20.6. The molecule has 1 heterocycles. The van der Waals surface area contributed by atoms with E-state index in [0.717, 1.165) is 11.3 Å². The predicted molar refractivity (Wildman–Crippen MR) is 92.4 cm³/mol. The van der Waals surface area contributed by atoms with Crippen molar-refractivity contribution in [2.24, 2.45) is 11.8 Å². The van der Waals surface area contributed by atoms with Crippen LogP contribution in [0.2, 0.25) is 0 Å². The minimum absolute atomic E-state index is 0.182. The fourth-order valence-electron chi connectivity index (χ4n) is 3.31. The van der Waals surface area contributed by atoms with Gasteiger partial charge in [0.2, 0.25) is 17.7 Å². The van der Waals surface area contributed by atoms with Crippen LogP contribution in [0.25, 0.3) is 0 Å². The Morgan fingerprint density at radius 2 is 1.54 bits per heavy atom. The maximum absolute atomic E-state index is 12.1. The number of hydrogen-bond acceptors (Lipinski definition) is 3. The van der Waals surface area contributed by atoms with E-state index < -0.39 is 0 Å².